The molecule has 2 aromatic carbocycles. The van der Waals surface area contributed by atoms with E-state index < -0.39 is 11.7 Å². The monoisotopic (exact) mass is 686 g/mol. The SMILES string of the molecule is C=C1CC[C@H](COOCc2ccccc2)CC1=CC(O)C1(O)CCC[C@]2(C)[C@@H]([C@H](C)C=C[C@H](C)C(C)(C)OCOCc3ccccc3)CC[C@@H]12. The maximum atomic E-state index is 12.3. The van der Waals surface area contributed by atoms with Gasteiger partial charge in [0.05, 0.1) is 24.4 Å². The van der Waals surface area contributed by atoms with Crippen molar-refractivity contribution in [1.29, 1.82) is 0 Å². The molecule has 6 heteroatoms. The Morgan fingerprint density at radius 3 is 2.30 bits per heavy atom. The van der Waals surface area contributed by atoms with Gasteiger partial charge in [-0.1, -0.05) is 106 Å². The van der Waals surface area contributed by atoms with Crippen LogP contribution in [0.1, 0.15) is 97.1 Å². The average Bonchev–Trinajstić information content (AvgIpc) is 3.48. The Labute approximate surface area is 301 Å². The topological polar surface area (TPSA) is 77.4 Å². The van der Waals surface area contributed by atoms with E-state index in [0.717, 1.165) is 67.2 Å². The summed E-state index contributed by atoms with van der Waals surface area (Å²) >= 11 is 0. The van der Waals surface area contributed by atoms with Crippen molar-refractivity contribution in [2.45, 2.75) is 117 Å². The van der Waals surface area contributed by atoms with Crippen LogP contribution in [0.2, 0.25) is 0 Å². The summed E-state index contributed by atoms with van der Waals surface area (Å²) in [6.45, 7) is 17.2. The molecule has 0 radical (unpaired) electrons. The fraction of sp³-hybridized carbons (Fsp3) is 0.591. The van der Waals surface area contributed by atoms with Gasteiger partial charge < -0.3 is 19.7 Å². The van der Waals surface area contributed by atoms with Gasteiger partial charge in [0, 0.05) is 5.92 Å². The summed E-state index contributed by atoms with van der Waals surface area (Å²) < 4.78 is 12.0. The summed E-state index contributed by atoms with van der Waals surface area (Å²) in [6.07, 6.45) is 12.8. The third-order valence-corrected chi connectivity index (χ3v) is 12.5. The molecule has 0 aromatic heterocycles. The van der Waals surface area contributed by atoms with E-state index in [1.165, 1.54) is 0 Å². The first-order valence-electron chi connectivity index (χ1n) is 18.9. The van der Waals surface area contributed by atoms with Crippen LogP contribution in [-0.4, -0.2) is 40.9 Å². The molecule has 3 aliphatic rings. The van der Waals surface area contributed by atoms with Crippen molar-refractivity contribution < 1.29 is 29.5 Å². The molecule has 0 spiro atoms. The third-order valence-electron chi connectivity index (χ3n) is 12.5. The van der Waals surface area contributed by atoms with Crippen LogP contribution in [-0.2, 0) is 32.5 Å². The molecule has 2 unspecified atom stereocenters. The van der Waals surface area contributed by atoms with E-state index >= 15 is 0 Å². The molecule has 2 aromatic rings. The van der Waals surface area contributed by atoms with Gasteiger partial charge in [-0.15, -0.1) is 0 Å². The number of hydrogen-bond donors (Lipinski definition) is 2. The second kappa shape index (κ2) is 17.3. The summed E-state index contributed by atoms with van der Waals surface area (Å²) in [5.74, 6) is 1.29. The Hall–Kier alpha value is -2.58. The first-order chi connectivity index (χ1) is 23.9. The number of ether oxygens (including phenoxy) is 2. The molecule has 0 aliphatic heterocycles. The molecule has 5 rings (SSSR count). The lowest BCUT2D eigenvalue weighted by Crippen LogP contribution is -2.56. The summed E-state index contributed by atoms with van der Waals surface area (Å²) in [6, 6.07) is 20.2. The lowest BCUT2D eigenvalue weighted by Gasteiger charge is -2.52. The van der Waals surface area contributed by atoms with Crippen molar-refractivity contribution in [3.8, 4) is 0 Å². The zero-order chi connectivity index (χ0) is 35.8. The standard InChI is InChI=1S/C44H62O6/c1-32-19-21-37(30-50-49-29-36-16-11-8-12-17-36)26-38(32)27-41(45)44(46)25-13-24-43(6)39(22-23-40(43)44)33(2)18-20-34(3)42(4,5)48-31-47-28-35-14-9-7-10-15-35/h7-12,14-18,20,27,33-34,37,39-41,45-46H,1,13,19,21-26,28-31H2,2-6H3/t33-,34+,37+,39-,40-,41?,43-,44?/m1/s1. The highest BCUT2D eigenvalue weighted by molar-refractivity contribution is 5.33. The number of hydrogen-bond acceptors (Lipinski definition) is 6. The van der Waals surface area contributed by atoms with Crippen molar-refractivity contribution in [3.05, 3.63) is 108 Å². The highest BCUT2D eigenvalue weighted by Gasteiger charge is 2.59. The van der Waals surface area contributed by atoms with Crippen LogP contribution >= 0.6 is 0 Å². The van der Waals surface area contributed by atoms with Crippen LogP contribution in [0.5, 0.6) is 0 Å². The van der Waals surface area contributed by atoms with Gasteiger partial charge in [0.15, 0.2) is 0 Å². The summed E-state index contributed by atoms with van der Waals surface area (Å²) in [4.78, 5) is 11.1. The van der Waals surface area contributed by atoms with Gasteiger partial charge >= 0.3 is 0 Å². The van der Waals surface area contributed by atoms with Crippen LogP contribution in [0.15, 0.2) is 96.6 Å². The summed E-state index contributed by atoms with van der Waals surface area (Å²) in [7, 11) is 0. The van der Waals surface area contributed by atoms with E-state index in [9.17, 15) is 10.2 Å². The first-order valence-corrected chi connectivity index (χ1v) is 18.9. The molecule has 8 atom stereocenters. The maximum absolute atomic E-state index is 12.3. The number of fused-ring (bicyclic) bond motifs is 1. The number of benzene rings is 2. The van der Waals surface area contributed by atoms with Gasteiger partial charge in [0.25, 0.3) is 0 Å². The smallest absolute Gasteiger partial charge is 0.147 e. The zero-order valence-electron chi connectivity index (χ0n) is 31.2. The average molecular weight is 687 g/mol. The Kier molecular flexibility index (Phi) is 13.4. The van der Waals surface area contributed by atoms with Crippen molar-refractivity contribution in [2.24, 2.45) is 35.0 Å². The molecule has 3 aliphatic carbocycles. The first kappa shape index (κ1) is 38.6. The quantitative estimate of drug-likeness (QED) is 0.0602. The predicted molar refractivity (Wildman–Crippen MR) is 200 cm³/mol. The molecule has 0 amide bonds. The molecule has 3 fully saturated rings. The van der Waals surface area contributed by atoms with Crippen molar-refractivity contribution in [2.75, 3.05) is 13.4 Å². The number of allylic oxidation sites excluding steroid dienone is 3. The fourth-order valence-electron chi connectivity index (χ4n) is 8.94. The molecule has 2 N–H and O–H groups in total. The number of aliphatic hydroxyl groups is 2. The minimum atomic E-state index is -1.15. The zero-order valence-corrected chi connectivity index (χ0v) is 31.2. The second-order valence-electron chi connectivity index (χ2n) is 16.2. The fourth-order valence-corrected chi connectivity index (χ4v) is 8.94. The Morgan fingerprint density at radius 2 is 1.60 bits per heavy atom. The second-order valence-corrected chi connectivity index (χ2v) is 16.2. The van der Waals surface area contributed by atoms with E-state index in [2.05, 4.69) is 65.5 Å². The van der Waals surface area contributed by atoms with E-state index in [-0.39, 0.29) is 35.6 Å². The van der Waals surface area contributed by atoms with Crippen LogP contribution in [0.25, 0.3) is 0 Å². The van der Waals surface area contributed by atoms with Crippen molar-refractivity contribution in [1.82, 2.24) is 0 Å². The predicted octanol–water partition coefficient (Wildman–Crippen LogP) is 9.52. The third kappa shape index (κ3) is 9.44. The number of aliphatic hydroxyl groups excluding tert-OH is 1. The molecule has 0 heterocycles. The number of rotatable bonds is 16. The minimum absolute atomic E-state index is 0.0396. The molecular weight excluding hydrogens is 624 g/mol. The molecule has 50 heavy (non-hydrogen) atoms. The summed E-state index contributed by atoms with van der Waals surface area (Å²) in [5.41, 5.74) is 2.75. The van der Waals surface area contributed by atoms with E-state index in [1.54, 1.807) is 0 Å². The van der Waals surface area contributed by atoms with Crippen molar-refractivity contribution in [3.63, 3.8) is 0 Å². The van der Waals surface area contributed by atoms with Gasteiger partial charge in [-0.2, -0.15) is 0 Å². The Morgan fingerprint density at radius 1 is 0.920 bits per heavy atom. The molecule has 3 saturated carbocycles. The molecule has 6 nitrogen and oxygen atoms in total. The van der Waals surface area contributed by atoms with Gasteiger partial charge in [-0.3, -0.25) is 0 Å². The molecule has 0 bridgehead atoms. The molecule has 0 saturated heterocycles. The largest absolute Gasteiger partial charge is 0.387 e. The van der Waals surface area contributed by atoms with Gasteiger partial charge in [-0.05, 0) is 117 Å². The molecule has 274 valence electrons. The van der Waals surface area contributed by atoms with Crippen LogP contribution < -0.4 is 0 Å². The van der Waals surface area contributed by atoms with Crippen LogP contribution in [0, 0.1) is 35.0 Å². The van der Waals surface area contributed by atoms with Crippen molar-refractivity contribution >= 4 is 0 Å². The van der Waals surface area contributed by atoms with Gasteiger partial charge in [0.1, 0.15) is 19.5 Å². The minimum Gasteiger partial charge on any atom is -0.387 e. The highest BCUT2D eigenvalue weighted by Crippen LogP contribution is 2.61. The van der Waals surface area contributed by atoms with Gasteiger partial charge in [0.2, 0.25) is 0 Å². The van der Waals surface area contributed by atoms with E-state index in [0.29, 0.717) is 38.1 Å². The van der Waals surface area contributed by atoms with Gasteiger partial charge in [-0.25, -0.2) is 9.78 Å². The van der Waals surface area contributed by atoms with Crippen LogP contribution in [0.4, 0.5) is 0 Å². The summed E-state index contributed by atoms with van der Waals surface area (Å²) in [5, 5.41) is 24.1. The Bertz CT molecular complexity index is 1420. The normalized spacial score (nSPS) is 30.0. The highest BCUT2D eigenvalue weighted by atomic mass is 17.2. The molecular formula is C44H62O6. The van der Waals surface area contributed by atoms with E-state index in [4.69, 9.17) is 19.2 Å². The maximum Gasteiger partial charge on any atom is 0.147 e. The Balaban J connectivity index is 1.15. The lowest BCUT2D eigenvalue weighted by atomic mass is 9.56. The van der Waals surface area contributed by atoms with Crippen LogP contribution in [0.3, 0.4) is 0 Å². The van der Waals surface area contributed by atoms with E-state index in [1.807, 2.05) is 54.6 Å². The lowest BCUT2D eigenvalue weighted by molar-refractivity contribution is -0.310.